The number of nitrogen functional groups attached to an aromatic ring is 1. The second-order valence-electron chi connectivity index (χ2n) is 33.7. The van der Waals surface area contributed by atoms with Gasteiger partial charge in [0.1, 0.15) is 34.1 Å². The molecule has 0 unspecified atom stereocenters. The first-order valence-corrected chi connectivity index (χ1v) is 46.9. The number of nitro benzene ring substituents is 1. The van der Waals surface area contributed by atoms with E-state index >= 15 is 0 Å². The van der Waals surface area contributed by atoms with Gasteiger partial charge < -0.3 is 68.3 Å². The number of hydrogen-bond donors (Lipinski definition) is 7. The smallest absolute Gasteiger partial charge is 0.416 e. The van der Waals surface area contributed by atoms with Crippen molar-refractivity contribution in [1.29, 1.82) is 5.26 Å². The fraction of sp³-hybridized carbons (Fsp3) is 0.412. The molecular weight excluding hydrogens is 2100 g/mol. The zero-order chi connectivity index (χ0) is 105. The minimum atomic E-state index is -4.58. The molecule has 0 spiro atoms. The number of aromatic nitrogens is 6. The number of halogens is 16. The number of aliphatic hydroxyl groups is 1. The zero-order valence-electron chi connectivity index (χ0n) is 79.4. The predicted molar refractivity (Wildman–Crippen MR) is 517 cm³/mol. The number of carbonyl (C=O) groups excluding carboxylic acids is 5. The first kappa shape index (κ1) is 124. The number of alkyl halides is 9. The van der Waals surface area contributed by atoms with Crippen molar-refractivity contribution in [2.45, 2.75) is 219 Å². The van der Waals surface area contributed by atoms with Crippen LogP contribution in [0, 0.1) is 99.2 Å². The summed E-state index contributed by atoms with van der Waals surface area (Å²) in [6, 6.07) is 32.5. The van der Waals surface area contributed by atoms with Crippen molar-refractivity contribution in [3.05, 3.63) is 261 Å². The maximum absolute atomic E-state index is 13.8. The molecule has 2 amide bonds. The van der Waals surface area contributed by atoms with E-state index in [1.807, 2.05) is 36.0 Å². The second-order valence-corrected chi connectivity index (χ2v) is 34.1. The van der Waals surface area contributed by atoms with Gasteiger partial charge in [0.25, 0.3) is 11.8 Å². The molecule has 3 heterocycles. The number of aryl methyl sites for hydroxylation is 1. The number of ether oxygens (including phenoxy) is 3. The molecule has 5 aliphatic carbocycles. The van der Waals surface area contributed by atoms with E-state index in [4.69, 9.17) is 36.0 Å². The number of rotatable bonds is 18. The molecule has 2 radical (unpaired) electrons. The van der Waals surface area contributed by atoms with Crippen molar-refractivity contribution in [2.75, 3.05) is 48.1 Å². The van der Waals surface area contributed by atoms with Gasteiger partial charge in [0.05, 0.1) is 104 Å². The Morgan fingerprint density at radius 3 is 1.21 bits per heavy atom. The molecule has 16 rings (SSSR count). The van der Waals surface area contributed by atoms with Crippen LogP contribution in [-0.4, -0.2) is 118 Å². The van der Waals surface area contributed by atoms with Crippen LogP contribution in [-0.2, 0) is 80.7 Å². The predicted octanol–water partition coefficient (Wildman–Crippen LogP) is 25.3. The minimum absolute atomic E-state index is 0. The standard InChI is InChI=1S/C24H23F4N3O3.C22H21F4N3O2.C16H20FN3O2.C13H17FN.C9H17NO2.C8H5F3O2.C6H3F2NO2.C2H5.CBrN.CH4.2Co/c1-2-34-22(33)14-6-9-18(10-7-14)31-20-11-8-17(25)13-19(20)29-23(31)30-21(32)15-4-3-5-16(12-15)24(26,27)28;23-16-6-9-19-18(11-16)27-21(29(19)17-7-4-13(12-30)5-8-17)28-20(31)14-2-1-3-15(10-14)22(24,25)26;1-2-22-15(21)10-3-6-12(7-4-10)20-14-8-5-11(17)9-13(14)19-16(20)18;1-10-9-11(14)7-8-13(10)15-12-5-3-2-4-6-12;1-2-12-9(11)7-3-5-8(10)6-4-7;9-8(10,11)6-3-1-2-5(4-6)7(12)13;7-4-1-2-5(8)6(3-4)9(10)11;1-2;2-1-3;;;/h3-5,8,11-14,18H,2,6-7,9-10H2,1H3,(H,29,30,32);1-3,6,9-11,13,17,30H,4-5,7-8,12H2,(H,27,28,31);5,8-10,12H,2-4,6-7H2,1H3,(H2,18,19);2,7-9,12,15H,3-6H2,1H3;7-8H,2-6,10H2,1H3;1-4H,(H,12,13);1-3H;1H2,2H3;;1H4;;/q;;;-1;;;;-1;;;;. The van der Waals surface area contributed by atoms with E-state index in [1.54, 1.807) is 47.7 Å². The van der Waals surface area contributed by atoms with Crippen LogP contribution in [0.4, 0.5) is 95.1 Å². The number of imidazole rings is 3. The molecule has 798 valence electrons. The SMILES string of the molecule is C.CCOC(=O)C1CCC(N)CC1.CCOC(=O)C1CCC(n2c(N)nc3cc(F)ccc32)CC1.CCOC(=O)C1CCC(n2c(NC(=O)c3cccc(C(F)(F)F)c3)nc3cc(F)ccc32)CC1.Cc1cc(F)ccc1NC1CC[CH-]CC1.N#CBr.O=C(Nc1nc2cc(F)ccc2n1C1CCC(CO)CC1)c1cccc(C(F)(F)F)c1.O=C(O)c1cccc(C(F)(F)F)c1.O=[N+]([O-])c1cc(F)ccc1F.[CH2-]C.[Co].[Co]. The Morgan fingerprint density at radius 2 is 0.842 bits per heavy atom. The van der Waals surface area contributed by atoms with Gasteiger partial charge in [-0.3, -0.25) is 44.7 Å². The molecule has 26 nitrogen and oxygen atoms in total. The number of anilines is 4. The molecular formula is C102H115BrCo2F15N13O13-2. The van der Waals surface area contributed by atoms with Gasteiger partial charge in [0.2, 0.25) is 23.7 Å². The third kappa shape index (κ3) is 36.7. The molecule has 3 aromatic heterocycles. The molecule has 11 aromatic rings. The average molecular weight is 2210 g/mol. The Balaban J connectivity index is 0.000000308. The summed E-state index contributed by atoms with van der Waals surface area (Å²) in [6.45, 7) is 13.7. The average Bonchev–Trinajstić information content (AvgIpc) is 1.63. The van der Waals surface area contributed by atoms with Gasteiger partial charge in [0.15, 0.2) is 0 Å². The molecule has 5 saturated carbocycles. The first-order chi connectivity index (χ1) is 67.9. The summed E-state index contributed by atoms with van der Waals surface area (Å²) in [4.78, 5) is 94.5. The van der Waals surface area contributed by atoms with Crippen molar-refractivity contribution >= 4 is 114 Å². The van der Waals surface area contributed by atoms with Crippen molar-refractivity contribution in [1.82, 2.24) is 28.7 Å². The van der Waals surface area contributed by atoms with Gasteiger partial charge in [-0.2, -0.15) is 68.9 Å². The summed E-state index contributed by atoms with van der Waals surface area (Å²) in [5.41, 5.74) is 12.8. The van der Waals surface area contributed by atoms with Gasteiger partial charge in [-0.15, -0.1) is 0 Å². The van der Waals surface area contributed by atoms with Crippen molar-refractivity contribution in [2.24, 2.45) is 29.4 Å². The zero-order valence-corrected chi connectivity index (χ0v) is 83.0. The van der Waals surface area contributed by atoms with Gasteiger partial charge in [-0.05, 0) is 263 Å². The number of nitrogens with zero attached hydrogens (tertiary/aromatic N) is 8. The van der Waals surface area contributed by atoms with E-state index in [1.165, 1.54) is 86.3 Å². The number of amides is 2. The van der Waals surface area contributed by atoms with E-state index in [0.29, 0.717) is 109 Å². The number of benzene rings is 8. The molecule has 5 aliphatic rings. The number of nitrogens with two attached hydrogens (primary N) is 2. The normalized spacial score (nSPS) is 17.9. The van der Waals surface area contributed by atoms with Crippen molar-refractivity contribution < 1.29 is 158 Å². The van der Waals surface area contributed by atoms with E-state index in [2.05, 4.69) is 60.2 Å². The number of carboxylic acid groups (broad SMARTS) is 1. The maximum atomic E-state index is 13.8. The van der Waals surface area contributed by atoms with Gasteiger partial charge in [0, 0.05) is 121 Å². The van der Waals surface area contributed by atoms with Crippen molar-refractivity contribution in [3.8, 4) is 4.98 Å². The van der Waals surface area contributed by atoms with Crippen LogP contribution in [0.25, 0.3) is 33.1 Å². The number of fused-ring (bicyclic) bond motifs is 3. The van der Waals surface area contributed by atoms with Gasteiger partial charge in [-0.1, -0.05) is 38.5 Å². The summed E-state index contributed by atoms with van der Waals surface area (Å²) in [6.07, 6.45) is 5.85. The third-order valence-corrected chi connectivity index (χ3v) is 24.1. The number of carboxylic acids is 1. The minimum Gasteiger partial charge on any atom is -0.478 e. The number of hydrogen-bond acceptors (Lipinski definition) is 19. The molecule has 0 bridgehead atoms. The summed E-state index contributed by atoms with van der Waals surface area (Å²) in [5.74, 6) is -5.77. The fourth-order valence-corrected chi connectivity index (χ4v) is 16.9. The number of carbonyl (C=O) groups is 6. The fourth-order valence-electron chi connectivity index (χ4n) is 16.9. The Morgan fingerprint density at radius 1 is 0.507 bits per heavy atom. The maximum Gasteiger partial charge on any atom is 0.416 e. The molecule has 8 aromatic carbocycles. The summed E-state index contributed by atoms with van der Waals surface area (Å²) in [5, 5.41) is 43.7. The van der Waals surface area contributed by atoms with Crippen LogP contribution in [0.15, 0.2) is 164 Å². The topological polar surface area (TPSA) is 379 Å². The monoisotopic (exact) mass is 2210 g/mol. The van der Waals surface area contributed by atoms with E-state index in [-0.39, 0.29) is 148 Å². The van der Waals surface area contributed by atoms with E-state index in [0.717, 1.165) is 148 Å². The molecule has 146 heavy (non-hydrogen) atoms. The Hall–Kier alpha value is -12.2. The van der Waals surface area contributed by atoms with Crippen LogP contribution in [0.3, 0.4) is 0 Å². The van der Waals surface area contributed by atoms with E-state index < -0.39 is 86.9 Å². The first-order valence-electron chi connectivity index (χ1n) is 46.1. The molecule has 0 saturated heterocycles. The summed E-state index contributed by atoms with van der Waals surface area (Å²) in [7, 11) is 0. The number of nitriles is 1. The largest absolute Gasteiger partial charge is 0.478 e. The van der Waals surface area contributed by atoms with Gasteiger partial charge in [-0.25, -0.2) is 41.7 Å². The molecule has 5 fully saturated rings. The Bertz CT molecular complexity index is 6130. The number of esters is 3. The molecule has 9 N–H and O–H groups in total. The second kappa shape index (κ2) is 59.6. The van der Waals surface area contributed by atoms with Crippen LogP contribution in [0.5, 0.6) is 0 Å². The quantitative estimate of drug-likeness (QED) is 0.0105. The van der Waals surface area contributed by atoms with Gasteiger partial charge >= 0.3 is 48.1 Å². The number of aliphatic hydroxyl groups excluding tert-OH is 1. The number of aromatic carboxylic acids is 1. The van der Waals surface area contributed by atoms with Crippen LogP contribution in [0.1, 0.15) is 235 Å². The Kier molecular flexibility index (Phi) is 50.7. The van der Waals surface area contributed by atoms with E-state index in [9.17, 15) is 110 Å². The summed E-state index contributed by atoms with van der Waals surface area (Å²) < 4.78 is 213. The molecule has 0 aliphatic heterocycles. The summed E-state index contributed by atoms with van der Waals surface area (Å²) >= 11 is 2.45. The third-order valence-electron chi connectivity index (χ3n) is 24.1. The Labute approximate surface area is 863 Å². The van der Waals surface area contributed by atoms with Crippen LogP contribution in [0.2, 0.25) is 0 Å². The number of nitrogens with one attached hydrogen (secondary N) is 3. The molecule has 0 atom stereocenters. The van der Waals surface area contributed by atoms with Crippen LogP contribution >= 0.6 is 15.9 Å². The molecule has 44 heteroatoms. The number of nitro groups is 1. The van der Waals surface area contributed by atoms with Crippen molar-refractivity contribution in [3.63, 3.8) is 0 Å². The van der Waals surface area contributed by atoms with Crippen LogP contribution < -0.4 is 27.4 Å².